The molecule has 0 aliphatic carbocycles. The molecule has 1 fully saturated rings. The van der Waals surface area contributed by atoms with Crippen LogP contribution in [-0.2, 0) is 11.3 Å². The molecule has 0 N–H and O–H groups in total. The summed E-state index contributed by atoms with van der Waals surface area (Å²) in [6.07, 6.45) is 0.544. The fraction of sp³-hybridized carbons (Fsp3) is 0.350. The fourth-order valence-corrected chi connectivity index (χ4v) is 3.68. The van der Waals surface area contributed by atoms with Crippen LogP contribution in [0.1, 0.15) is 19.4 Å². The van der Waals surface area contributed by atoms with Gasteiger partial charge in [-0.25, -0.2) is 4.98 Å². The summed E-state index contributed by atoms with van der Waals surface area (Å²) in [7, 11) is 0. The summed E-state index contributed by atoms with van der Waals surface area (Å²) in [6, 6.07) is 13.8. The van der Waals surface area contributed by atoms with Gasteiger partial charge in [0, 0.05) is 30.2 Å². The van der Waals surface area contributed by atoms with E-state index in [0.29, 0.717) is 10.9 Å². The minimum atomic E-state index is 0.272. The Morgan fingerprint density at radius 1 is 1.12 bits per heavy atom. The van der Waals surface area contributed by atoms with Gasteiger partial charge in [0.2, 0.25) is 5.89 Å². The third-order valence-electron chi connectivity index (χ3n) is 4.42. The molecule has 2 heterocycles. The predicted octanol–water partition coefficient (Wildman–Crippen LogP) is 4.76. The zero-order valence-electron chi connectivity index (χ0n) is 14.4. The van der Waals surface area contributed by atoms with Crippen LogP contribution in [0, 0.1) is 0 Å². The number of aromatic nitrogens is 1. The van der Waals surface area contributed by atoms with Crippen LogP contribution in [0.2, 0.25) is 5.02 Å². The maximum atomic E-state index is 6.07. The summed E-state index contributed by atoms with van der Waals surface area (Å²) in [5.74, 6) is 0.600. The van der Waals surface area contributed by atoms with Crippen LogP contribution < -0.4 is 0 Å². The molecule has 1 aromatic heterocycles. The molecule has 0 saturated carbocycles. The molecule has 3 aromatic rings. The zero-order valence-corrected chi connectivity index (χ0v) is 15.2. The van der Waals surface area contributed by atoms with Gasteiger partial charge in [0.05, 0.1) is 12.2 Å². The van der Waals surface area contributed by atoms with Crippen LogP contribution in [-0.4, -0.2) is 35.2 Å². The summed E-state index contributed by atoms with van der Waals surface area (Å²) in [5.41, 5.74) is 3.80. The van der Waals surface area contributed by atoms with Crippen molar-refractivity contribution in [3.05, 3.63) is 53.1 Å². The molecular formula is C20H21ClN2O2. The van der Waals surface area contributed by atoms with Crippen molar-refractivity contribution >= 4 is 22.7 Å². The minimum Gasteiger partial charge on any atom is -0.436 e. The van der Waals surface area contributed by atoms with E-state index in [9.17, 15) is 0 Å². The first-order valence-corrected chi connectivity index (χ1v) is 8.98. The molecule has 1 saturated heterocycles. The molecule has 0 spiro atoms. The highest BCUT2D eigenvalue weighted by atomic mass is 35.5. The van der Waals surface area contributed by atoms with Crippen molar-refractivity contribution in [2.24, 2.45) is 0 Å². The average molecular weight is 357 g/mol. The van der Waals surface area contributed by atoms with Gasteiger partial charge in [-0.1, -0.05) is 23.7 Å². The second kappa shape index (κ2) is 6.79. The largest absolute Gasteiger partial charge is 0.436 e. The van der Waals surface area contributed by atoms with Gasteiger partial charge >= 0.3 is 0 Å². The number of ether oxygens (including phenoxy) is 1. The lowest BCUT2D eigenvalue weighted by Crippen LogP contribution is -2.44. The smallest absolute Gasteiger partial charge is 0.227 e. The number of nitrogens with zero attached hydrogens (tertiary/aromatic N) is 2. The first-order valence-electron chi connectivity index (χ1n) is 8.60. The maximum absolute atomic E-state index is 6.07. The molecule has 25 heavy (non-hydrogen) atoms. The van der Waals surface area contributed by atoms with E-state index in [1.54, 1.807) is 0 Å². The second-order valence-electron chi connectivity index (χ2n) is 6.78. The summed E-state index contributed by atoms with van der Waals surface area (Å²) in [6.45, 7) is 7.05. The highest BCUT2D eigenvalue weighted by molar-refractivity contribution is 6.30. The number of hydrogen-bond donors (Lipinski definition) is 0. The molecule has 0 bridgehead atoms. The van der Waals surface area contributed by atoms with E-state index in [0.717, 1.165) is 36.3 Å². The van der Waals surface area contributed by atoms with Gasteiger partial charge in [-0.05, 0) is 49.7 Å². The highest BCUT2D eigenvalue weighted by Crippen LogP contribution is 2.27. The number of rotatable bonds is 3. The van der Waals surface area contributed by atoms with Gasteiger partial charge in [0.1, 0.15) is 5.52 Å². The lowest BCUT2D eigenvalue weighted by atomic mass is 10.1. The van der Waals surface area contributed by atoms with E-state index in [1.165, 1.54) is 5.56 Å². The lowest BCUT2D eigenvalue weighted by molar-refractivity contribution is -0.0704. The number of halogens is 1. The molecule has 2 atom stereocenters. The number of morpholine rings is 1. The highest BCUT2D eigenvalue weighted by Gasteiger charge is 2.22. The lowest BCUT2D eigenvalue weighted by Gasteiger charge is -2.35. The Hall–Kier alpha value is -1.88. The molecule has 4 nitrogen and oxygen atoms in total. The molecule has 2 aromatic carbocycles. The molecular weight excluding hydrogens is 336 g/mol. The van der Waals surface area contributed by atoms with Crippen molar-refractivity contribution in [3.63, 3.8) is 0 Å². The molecule has 1 aliphatic heterocycles. The van der Waals surface area contributed by atoms with Gasteiger partial charge in [-0.15, -0.1) is 0 Å². The van der Waals surface area contributed by atoms with E-state index >= 15 is 0 Å². The Bertz CT molecular complexity index is 882. The van der Waals surface area contributed by atoms with Crippen molar-refractivity contribution in [1.29, 1.82) is 0 Å². The first kappa shape index (κ1) is 16.6. The minimum absolute atomic E-state index is 0.272. The van der Waals surface area contributed by atoms with Crippen molar-refractivity contribution in [1.82, 2.24) is 9.88 Å². The van der Waals surface area contributed by atoms with E-state index in [-0.39, 0.29) is 12.2 Å². The van der Waals surface area contributed by atoms with E-state index in [4.69, 9.17) is 20.8 Å². The molecule has 0 unspecified atom stereocenters. The van der Waals surface area contributed by atoms with Crippen molar-refractivity contribution in [2.45, 2.75) is 32.6 Å². The van der Waals surface area contributed by atoms with Crippen molar-refractivity contribution in [2.75, 3.05) is 13.1 Å². The quantitative estimate of drug-likeness (QED) is 0.678. The van der Waals surface area contributed by atoms with Gasteiger partial charge in [-0.3, -0.25) is 4.90 Å². The Morgan fingerprint density at radius 2 is 1.92 bits per heavy atom. The second-order valence-corrected chi connectivity index (χ2v) is 7.22. The average Bonchev–Trinajstić information content (AvgIpc) is 2.97. The molecule has 4 rings (SSSR count). The number of benzene rings is 2. The molecule has 0 amide bonds. The topological polar surface area (TPSA) is 38.5 Å². The zero-order chi connectivity index (χ0) is 17.4. The number of fused-ring (bicyclic) bond motifs is 1. The van der Waals surface area contributed by atoms with E-state index in [1.807, 2.05) is 30.3 Å². The van der Waals surface area contributed by atoms with Crippen molar-refractivity contribution < 1.29 is 9.15 Å². The number of hydrogen-bond acceptors (Lipinski definition) is 4. The Balaban J connectivity index is 1.58. The summed E-state index contributed by atoms with van der Waals surface area (Å²) >= 11 is 6.07. The monoisotopic (exact) mass is 356 g/mol. The van der Waals surface area contributed by atoms with Gasteiger partial charge in [0.25, 0.3) is 0 Å². The van der Waals surface area contributed by atoms with Crippen LogP contribution in [0.25, 0.3) is 22.6 Å². The van der Waals surface area contributed by atoms with Gasteiger partial charge in [0.15, 0.2) is 5.58 Å². The van der Waals surface area contributed by atoms with Crippen LogP contribution in [0.3, 0.4) is 0 Å². The summed E-state index contributed by atoms with van der Waals surface area (Å²) < 4.78 is 11.7. The van der Waals surface area contributed by atoms with Crippen LogP contribution >= 0.6 is 11.6 Å². The van der Waals surface area contributed by atoms with Crippen LogP contribution in [0.4, 0.5) is 0 Å². The van der Waals surface area contributed by atoms with Crippen LogP contribution in [0.15, 0.2) is 46.9 Å². The number of oxazole rings is 1. The fourth-order valence-electron chi connectivity index (χ4n) is 3.49. The Kier molecular flexibility index (Phi) is 4.50. The summed E-state index contributed by atoms with van der Waals surface area (Å²) in [4.78, 5) is 7.07. The normalized spacial score (nSPS) is 21.7. The molecule has 0 radical (unpaired) electrons. The first-order chi connectivity index (χ1) is 12.1. The standard InChI is InChI=1S/C20H21ClN2O2/c1-13-10-23(11-14(2)24-13)12-15-6-7-19-18(8-15)22-20(25-19)16-4-3-5-17(21)9-16/h3-9,13-14H,10-12H2,1-2H3/t13-,14-/m0/s1. The van der Waals surface area contributed by atoms with E-state index in [2.05, 4.69) is 35.9 Å². The predicted molar refractivity (Wildman–Crippen MR) is 99.7 cm³/mol. The van der Waals surface area contributed by atoms with Gasteiger partial charge in [-0.2, -0.15) is 0 Å². The molecule has 1 aliphatic rings. The SMILES string of the molecule is C[C@H]1CN(Cc2ccc3oc(-c4cccc(Cl)c4)nc3c2)C[C@H](C)O1. The summed E-state index contributed by atoms with van der Waals surface area (Å²) in [5, 5.41) is 0.677. The van der Waals surface area contributed by atoms with Crippen LogP contribution in [0.5, 0.6) is 0 Å². The Morgan fingerprint density at radius 3 is 2.68 bits per heavy atom. The van der Waals surface area contributed by atoms with Gasteiger partial charge < -0.3 is 9.15 Å². The molecule has 130 valence electrons. The maximum Gasteiger partial charge on any atom is 0.227 e. The Labute approximate surface area is 152 Å². The molecule has 5 heteroatoms. The van der Waals surface area contributed by atoms with E-state index < -0.39 is 0 Å². The third kappa shape index (κ3) is 3.71. The van der Waals surface area contributed by atoms with Crippen molar-refractivity contribution in [3.8, 4) is 11.5 Å². The third-order valence-corrected chi connectivity index (χ3v) is 4.66.